The van der Waals surface area contributed by atoms with Crippen LogP contribution in [0.5, 0.6) is 0 Å². The minimum Gasteiger partial charge on any atom is -0.733 e. The summed E-state index contributed by atoms with van der Waals surface area (Å²) < 4.78 is 5.44. The summed E-state index contributed by atoms with van der Waals surface area (Å²) in [4.78, 5) is 1.76. The quantitative estimate of drug-likeness (QED) is 0.600. The number of hydrogen-bond donors (Lipinski definition) is 4. The van der Waals surface area contributed by atoms with E-state index in [4.69, 9.17) is 4.74 Å². The molecule has 0 aromatic heterocycles. The van der Waals surface area contributed by atoms with Crippen LogP contribution in [0.1, 0.15) is 6.42 Å². The highest BCUT2D eigenvalue weighted by Crippen LogP contribution is 2.33. The lowest BCUT2D eigenvalue weighted by atomic mass is 10.1. The Morgan fingerprint density at radius 1 is 1.08 bits per heavy atom. The molecule has 1 aliphatic rings. The summed E-state index contributed by atoms with van der Waals surface area (Å²) in [6.07, 6.45) is -2.06. The van der Waals surface area contributed by atoms with Gasteiger partial charge >= 0.3 is 0 Å². The molecule has 4 N–H and O–H groups in total. The van der Waals surface area contributed by atoms with Crippen LogP contribution in [0.25, 0.3) is 0 Å². The lowest BCUT2D eigenvalue weighted by Gasteiger charge is -2.32. The molecule has 1 fully saturated rings. The molecule has 0 amide bonds. The molecule has 0 aliphatic carbocycles. The van der Waals surface area contributed by atoms with Gasteiger partial charge < -0.3 is 30.7 Å². The van der Waals surface area contributed by atoms with E-state index in [1.54, 1.807) is 6.07 Å². The highest BCUT2D eigenvalue weighted by molar-refractivity contribution is 7.99. The zero-order chi connectivity index (χ0) is 17.8. The van der Waals surface area contributed by atoms with Crippen molar-refractivity contribution in [2.24, 2.45) is 0 Å². The van der Waals surface area contributed by atoms with Crippen LogP contribution >= 0.6 is 11.8 Å². The van der Waals surface area contributed by atoms with Crippen molar-refractivity contribution >= 4 is 23.1 Å². The van der Waals surface area contributed by atoms with E-state index in [9.17, 15) is 20.6 Å². The highest BCUT2D eigenvalue weighted by atomic mass is 32.2. The molecule has 3 atom stereocenters. The van der Waals surface area contributed by atoms with Crippen LogP contribution in [0.4, 0.5) is 11.4 Å². The molecule has 1 aliphatic heterocycles. The van der Waals surface area contributed by atoms with Gasteiger partial charge in [0.15, 0.2) is 0 Å². The average Bonchev–Trinajstić information content (AvgIpc) is 2.59. The Hall–Kier alpha value is -1.81. The third-order valence-corrected chi connectivity index (χ3v) is 4.77. The average molecular weight is 363 g/mol. The minimum absolute atomic E-state index is 0.0256. The number of rotatable bonds is 5. The molecule has 0 saturated carbocycles. The first-order valence-corrected chi connectivity index (χ1v) is 8.61. The normalized spacial score (nSPS) is 23.3. The lowest BCUT2D eigenvalue weighted by Crippen LogP contribution is -2.44. The number of ether oxygens (including phenoxy) is 1. The molecule has 0 spiro atoms. The monoisotopic (exact) mass is 363 g/mol. The standard InChI is InChI=1S/C17H19N2O5S/c20-15-9-17(24-10-16(15)21)18-11-6-12(19(22)23)8-14(7-11)25-13-4-2-1-3-5-13/h1-8,15-18,20-22H,9-10H2/q-1/t15-,16+,17-/m0/s1. The summed E-state index contributed by atoms with van der Waals surface area (Å²) >= 11 is 1.45. The van der Waals surface area contributed by atoms with Gasteiger partial charge in [0.25, 0.3) is 0 Å². The Bertz CT molecular complexity index is 701. The summed E-state index contributed by atoms with van der Waals surface area (Å²) in [6.45, 7) is 0.0256. The van der Waals surface area contributed by atoms with Crippen molar-refractivity contribution in [1.82, 2.24) is 0 Å². The Balaban J connectivity index is 1.78. The molecule has 134 valence electrons. The number of aliphatic hydroxyl groups excluding tert-OH is 2. The molecule has 3 rings (SSSR count). The van der Waals surface area contributed by atoms with Crippen molar-refractivity contribution < 1.29 is 20.2 Å². The van der Waals surface area contributed by atoms with Crippen molar-refractivity contribution in [3.05, 3.63) is 53.7 Å². The Morgan fingerprint density at radius 3 is 2.52 bits per heavy atom. The van der Waals surface area contributed by atoms with E-state index < -0.39 is 18.4 Å². The zero-order valence-electron chi connectivity index (χ0n) is 13.3. The summed E-state index contributed by atoms with van der Waals surface area (Å²) in [5, 5.41) is 42.7. The number of benzene rings is 2. The third kappa shape index (κ3) is 4.85. The number of aliphatic hydroxyl groups is 2. The molecule has 0 unspecified atom stereocenters. The molecular formula is C17H19N2O5S-. The molecule has 7 nitrogen and oxygen atoms in total. The summed E-state index contributed by atoms with van der Waals surface area (Å²) in [5.74, 6) is 0. The van der Waals surface area contributed by atoms with E-state index in [0.717, 1.165) is 9.79 Å². The molecule has 1 heterocycles. The summed E-state index contributed by atoms with van der Waals surface area (Å²) in [5.41, 5.74) is 0.652. The maximum atomic E-state index is 11.3. The summed E-state index contributed by atoms with van der Waals surface area (Å²) in [6, 6.07) is 14.5. The second-order valence-electron chi connectivity index (χ2n) is 5.74. The molecule has 0 radical (unpaired) electrons. The van der Waals surface area contributed by atoms with Crippen LogP contribution in [0.3, 0.4) is 0 Å². The number of nitrogens with zero attached hydrogens (tertiary/aromatic N) is 1. The second-order valence-corrected chi connectivity index (χ2v) is 6.89. The fraction of sp³-hybridized carbons (Fsp3) is 0.294. The van der Waals surface area contributed by atoms with Crippen molar-refractivity contribution in [2.75, 3.05) is 17.2 Å². The largest absolute Gasteiger partial charge is 0.733 e. The van der Waals surface area contributed by atoms with Crippen molar-refractivity contribution in [3.8, 4) is 0 Å². The maximum Gasteiger partial charge on any atom is 0.130 e. The van der Waals surface area contributed by atoms with E-state index in [-0.39, 0.29) is 23.9 Å². The van der Waals surface area contributed by atoms with Gasteiger partial charge in [0.1, 0.15) is 12.3 Å². The van der Waals surface area contributed by atoms with Crippen molar-refractivity contribution in [1.29, 1.82) is 0 Å². The zero-order valence-corrected chi connectivity index (χ0v) is 14.1. The van der Waals surface area contributed by atoms with Crippen molar-refractivity contribution in [2.45, 2.75) is 34.6 Å². The Morgan fingerprint density at radius 2 is 1.84 bits per heavy atom. The molecule has 25 heavy (non-hydrogen) atoms. The van der Waals surface area contributed by atoms with Gasteiger partial charge in [-0.15, -0.1) is 0 Å². The van der Waals surface area contributed by atoms with E-state index in [0.29, 0.717) is 5.69 Å². The third-order valence-electron chi connectivity index (χ3n) is 3.79. The van der Waals surface area contributed by atoms with Gasteiger partial charge in [0.2, 0.25) is 0 Å². The Labute approximate surface area is 149 Å². The Kier molecular flexibility index (Phi) is 5.79. The lowest BCUT2D eigenvalue weighted by molar-refractivity contribution is -0.112. The molecule has 2 aromatic rings. The van der Waals surface area contributed by atoms with E-state index in [2.05, 4.69) is 5.32 Å². The fourth-order valence-corrected chi connectivity index (χ4v) is 3.45. The number of anilines is 2. The van der Waals surface area contributed by atoms with E-state index in [1.165, 1.54) is 17.8 Å². The highest BCUT2D eigenvalue weighted by Gasteiger charge is 2.28. The topological polar surface area (TPSA) is 108 Å². The van der Waals surface area contributed by atoms with Gasteiger partial charge in [0.05, 0.1) is 18.4 Å². The van der Waals surface area contributed by atoms with Crippen molar-refractivity contribution in [3.63, 3.8) is 0 Å². The SMILES string of the molecule is [O-]N(O)c1cc(N[C@@H]2C[C@H](O)[C@H](O)CO2)cc(Sc2ccccc2)c1. The van der Waals surface area contributed by atoms with Gasteiger partial charge in [-0.05, 0) is 30.3 Å². The first-order valence-electron chi connectivity index (χ1n) is 7.79. The smallest absolute Gasteiger partial charge is 0.130 e. The first-order chi connectivity index (χ1) is 12.0. The predicted octanol–water partition coefficient (Wildman–Crippen LogP) is 2.41. The predicted molar refractivity (Wildman–Crippen MR) is 94.6 cm³/mol. The van der Waals surface area contributed by atoms with Gasteiger partial charge in [-0.25, -0.2) is 0 Å². The fourth-order valence-electron chi connectivity index (χ4n) is 2.52. The van der Waals surface area contributed by atoms with Gasteiger partial charge in [-0.2, -0.15) is 0 Å². The van der Waals surface area contributed by atoms with Crippen LogP contribution in [0.15, 0.2) is 58.3 Å². The van der Waals surface area contributed by atoms with Gasteiger partial charge in [-0.1, -0.05) is 30.0 Å². The molecular weight excluding hydrogens is 344 g/mol. The number of hydrogen-bond acceptors (Lipinski definition) is 8. The molecule has 0 bridgehead atoms. The van der Waals surface area contributed by atoms with Crippen LogP contribution in [0.2, 0.25) is 0 Å². The molecule has 8 heteroatoms. The van der Waals surface area contributed by atoms with E-state index in [1.807, 2.05) is 36.4 Å². The van der Waals surface area contributed by atoms with Gasteiger partial charge in [-0.3, -0.25) is 5.21 Å². The number of nitrogens with one attached hydrogen (secondary N) is 1. The maximum absolute atomic E-state index is 11.3. The van der Waals surface area contributed by atoms with Crippen LogP contribution < -0.4 is 10.5 Å². The minimum atomic E-state index is -0.900. The second kappa shape index (κ2) is 8.05. The van der Waals surface area contributed by atoms with Crippen LogP contribution in [-0.4, -0.2) is 40.5 Å². The molecule has 1 saturated heterocycles. The summed E-state index contributed by atoms with van der Waals surface area (Å²) in [7, 11) is 0. The molecule has 2 aromatic carbocycles. The first kappa shape index (κ1) is 18.0. The van der Waals surface area contributed by atoms with Crippen LogP contribution in [0, 0.1) is 5.21 Å². The van der Waals surface area contributed by atoms with Gasteiger partial charge in [0, 0.05) is 21.9 Å². The van der Waals surface area contributed by atoms with Crippen LogP contribution in [-0.2, 0) is 4.74 Å². The van der Waals surface area contributed by atoms with E-state index >= 15 is 0 Å².